The van der Waals surface area contributed by atoms with Crippen LogP contribution in [0.25, 0.3) is 0 Å². The van der Waals surface area contributed by atoms with E-state index in [1.165, 1.54) is 17.2 Å². The number of ketones is 1. The van der Waals surface area contributed by atoms with Gasteiger partial charge in [0.2, 0.25) is 0 Å². The standard InChI is InChI=1S/C14H10O3.C4H11NO/c15-13(10-6-2-1-3-7-10)11-8-4-5-9-12(11)14(16)17;1-3-5(6)4-2/h1-9H,(H,16,17);6H,3-4H2,1-2H3. The van der Waals surface area contributed by atoms with Crippen LogP contribution < -0.4 is 0 Å². The average Bonchev–Trinajstić information content (AvgIpc) is 2.61. The van der Waals surface area contributed by atoms with Crippen molar-refractivity contribution in [2.45, 2.75) is 13.8 Å². The Balaban J connectivity index is 0.000000379. The maximum Gasteiger partial charge on any atom is 0.336 e. The van der Waals surface area contributed by atoms with Crippen LogP contribution in [0, 0.1) is 0 Å². The smallest absolute Gasteiger partial charge is 0.336 e. The fourth-order valence-electron chi connectivity index (χ4n) is 1.84. The summed E-state index contributed by atoms with van der Waals surface area (Å²) in [6, 6.07) is 14.8. The molecule has 0 aliphatic heterocycles. The Labute approximate surface area is 135 Å². The molecule has 0 aliphatic carbocycles. The van der Waals surface area contributed by atoms with Crippen LogP contribution in [0.2, 0.25) is 0 Å². The third kappa shape index (κ3) is 5.65. The van der Waals surface area contributed by atoms with Gasteiger partial charge in [0.05, 0.1) is 5.56 Å². The molecular weight excluding hydrogens is 294 g/mol. The molecule has 2 rings (SSSR count). The Morgan fingerprint density at radius 1 is 0.870 bits per heavy atom. The summed E-state index contributed by atoms with van der Waals surface area (Å²) in [4.78, 5) is 23.1. The molecule has 0 aromatic heterocycles. The van der Waals surface area contributed by atoms with Crippen LogP contribution in [-0.4, -0.2) is 40.2 Å². The van der Waals surface area contributed by atoms with Gasteiger partial charge in [-0.2, -0.15) is 5.06 Å². The minimum atomic E-state index is -1.09. The van der Waals surface area contributed by atoms with Crippen molar-refractivity contribution >= 4 is 11.8 Å². The first-order chi connectivity index (χ1) is 11.0. The lowest BCUT2D eigenvalue weighted by atomic mass is 9.98. The number of aromatic carboxylic acids is 1. The second kappa shape index (κ2) is 9.50. The van der Waals surface area contributed by atoms with Gasteiger partial charge in [-0.1, -0.05) is 62.4 Å². The van der Waals surface area contributed by atoms with E-state index in [9.17, 15) is 9.59 Å². The molecule has 0 heterocycles. The van der Waals surface area contributed by atoms with Crippen molar-refractivity contribution < 1.29 is 19.9 Å². The van der Waals surface area contributed by atoms with Gasteiger partial charge in [-0.15, -0.1) is 0 Å². The molecule has 0 bridgehead atoms. The van der Waals surface area contributed by atoms with Gasteiger partial charge in [0.25, 0.3) is 0 Å². The lowest BCUT2D eigenvalue weighted by Crippen LogP contribution is -2.16. The third-order valence-corrected chi connectivity index (χ3v) is 3.17. The zero-order chi connectivity index (χ0) is 17.2. The fourth-order valence-corrected chi connectivity index (χ4v) is 1.84. The first kappa shape index (κ1) is 18.5. The highest BCUT2D eigenvalue weighted by Gasteiger charge is 2.16. The van der Waals surface area contributed by atoms with E-state index in [2.05, 4.69) is 0 Å². The number of benzene rings is 2. The number of hydroxylamine groups is 2. The fraction of sp³-hybridized carbons (Fsp3) is 0.222. The predicted molar refractivity (Wildman–Crippen MR) is 88.0 cm³/mol. The molecule has 2 aromatic rings. The van der Waals surface area contributed by atoms with E-state index >= 15 is 0 Å². The van der Waals surface area contributed by atoms with Crippen molar-refractivity contribution in [2.75, 3.05) is 13.1 Å². The zero-order valence-corrected chi connectivity index (χ0v) is 13.3. The molecule has 23 heavy (non-hydrogen) atoms. The maximum absolute atomic E-state index is 12.1. The molecule has 0 unspecified atom stereocenters. The molecule has 0 aliphatic rings. The number of nitrogens with zero attached hydrogens (tertiary/aromatic N) is 1. The van der Waals surface area contributed by atoms with E-state index in [0.29, 0.717) is 5.56 Å². The van der Waals surface area contributed by atoms with Crippen molar-refractivity contribution in [3.63, 3.8) is 0 Å². The Morgan fingerprint density at radius 2 is 1.35 bits per heavy atom. The van der Waals surface area contributed by atoms with Gasteiger partial charge in [0.15, 0.2) is 5.78 Å². The normalized spacial score (nSPS) is 9.91. The minimum Gasteiger partial charge on any atom is -0.478 e. The van der Waals surface area contributed by atoms with Crippen molar-refractivity contribution in [2.24, 2.45) is 0 Å². The molecule has 122 valence electrons. The Hall–Kier alpha value is -2.50. The number of carbonyl (C=O) groups excluding carboxylic acids is 1. The molecule has 0 saturated heterocycles. The van der Waals surface area contributed by atoms with E-state index in [1.807, 2.05) is 13.8 Å². The number of hydrogen-bond acceptors (Lipinski definition) is 4. The van der Waals surface area contributed by atoms with Gasteiger partial charge in [-0.25, -0.2) is 4.79 Å². The van der Waals surface area contributed by atoms with Gasteiger partial charge in [-0.3, -0.25) is 4.79 Å². The summed E-state index contributed by atoms with van der Waals surface area (Å²) in [6.45, 7) is 5.25. The summed E-state index contributed by atoms with van der Waals surface area (Å²) in [5.74, 6) is -1.37. The van der Waals surface area contributed by atoms with E-state index in [1.54, 1.807) is 42.5 Å². The highest BCUT2D eigenvalue weighted by atomic mass is 16.5. The SMILES string of the molecule is CCN(O)CC.O=C(O)c1ccccc1C(=O)c1ccccc1. The topological polar surface area (TPSA) is 77.8 Å². The maximum atomic E-state index is 12.1. The number of rotatable bonds is 5. The number of carbonyl (C=O) groups is 2. The molecule has 0 saturated carbocycles. The molecule has 0 atom stereocenters. The first-order valence-corrected chi connectivity index (χ1v) is 7.37. The predicted octanol–water partition coefficient (Wildman–Crippen LogP) is 3.33. The van der Waals surface area contributed by atoms with Crippen LogP contribution in [-0.2, 0) is 0 Å². The van der Waals surface area contributed by atoms with Gasteiger partial charge in [0, 0.05) is 24.2 Å². The van der Waals surface area contributed by atoms with E-state index in [4.69, 9.17) is 10.3 Å². The summed E-state index contributed by atoms with van der Waals surface area (Å²) in [5.41, 5.74) is 0.730. The zero-order valence-electron chi connectivity index (χ0n) is 13.3. The van der Waals surface area contributed by atoms with Crippen molar-refractivity contribution in [1.29, 1.82) is 0 Å². The van der Waals surface area contributed by atoms with Crippen LogP contribution in [0.15, 0.2) is 54.6 Å². The third-order valence-electron chi connectivity index (χ3n) is 3.17. The molecule has 0 spiro atoms. The molecule has 2 N–H and O–H groups in total. The van der Waals surface area contributed by atoms with Crippen LogP contribution >= 0.6 is 0 Å². The molecule has 0 amide bonds. The monoisotopic (exact) mass is 315 g/mol. The molecular formula is C18H21NO4. The summed E-state index contributed by atoms with van der Waals surface area (Å²) in [6.07, 6.45) is 0. The summed E-state index contributed by atoms with van der Waals surface area (Å²) < 4.78 is 0. The summed E-state index contributed by atoms with van der Waals surface area (Å²) >= 11 is 0. The minimum absolute atomic E-state index is 0.0290. The van der Waals surface area contributed by atoms with Crippen molar-refractivity contribution in [3.8, 4) is 0 Å². The van der Waals surface area contributed by atoms with Crippen molar-refractivity contribution in [1.82, 2.24) is 5.06 Å². The van der Waals surface area contributed by atoms with Gasteiger partial charge >= 0.3 is 5.97 Å². The molecule has 5 heteroatoms. The number of hydrogen-bond donors (Lipinski definition) is 2. The van der Waals surface area contributed by atoms with Gasteiger partial charge < -0.3 is 10.3 Å². The lowest BCUT2D eigenvalue weighted by molar-refractivity contribution is -0.0813. The summed E-state index contributed by atoms with van der Waals surface area (Å²) in [5, 5.41) is 18.8. The Morgan fingerprint density at radius 3 is 1.78 bits per heavy atom. The quantitative estimate of drug-likeness (QED) is 0.653. The Bertz CT molecular complexity index is 636. The van der Waals surface area contributed by atoms with E-state index in [-0.39, 0.29) is 16.9 Å². The Kier molecular flexibility index (Phi) is 7.66. The first-order valence-electron chi connectivity index (χ1n) is 7.37. The van der Waals surface area contributed by atoms with Crippen LogP contribution in [0.3, 0.4) is 0 Å². The second-order valence-corrected chi connectivity index (χ2v) is 4.68. The van der Waals surface area contributed by atoms with Crippen LogP contribution in [0.5, 0.6) is 0 Å². The highest BCUT2D eigenvalue weighted by Crippen LogP contribution is 2.14. The van der Waals surface area contributed by atoms with Crippen LogP contribution in [0.1, 0.15) is 40.1 Å². The number of carboxylic acid groups (broad SMARTS) is 1. The van der Waals surface area contributed by atoms with Gasteiger partial charge in [-0.05, 0) is 6.07 Å². The number of carboxylic acids is 1. The molecule has 5 nitrogen and oxygen atoms in total. The molecule has 0 fully saturated rings. The molecule has 2 aromatic carbocycles. The second-order valence-electron chi connectivity index (χ2n) is 4.68. The largest absolute Gasteiger partial charge is 0.478 e. The molecule has 0 radical (unpaired) electrons. The average molecular weight is 315 g/mol. The lowest BCUT2D eigenvalue weighted by Gasteiger charge is -2.05. The van der Waals surface area contributed by atoms with E-state index < -0.39 is 5.97 Å². The van der Waals surface area contributed by atoms with E-state index in [0.717, 1.165) is 13.1 Å². The van der Waals surface area contributed by atoms with Crippen molar-refractivity contribution in [3.05, 3.63) is 71.3 Å². The van der Waals surface area contributed by atoms with Gasteiger partial charge in [0.1, 0.15) is 0 Å². The highest BCUT2D eigenvalue weighted by molar-refractivity contribution is 6.14. The van der Waals surface area contributed by atoms with Crippen LogP contribution in [0.4, 0.5) is 0 Å². The summed E-state index contributed by atoms with van der Waals surface area (Å²) in [7, 11) is 0.